The highest BCUT2D eigenvalue weighted by atomic mass is 32.2. The van der Waals surface area contributed by atoms with Crippen molar-refractivity contribution in [3.05, 3.63) is 54.4 Å². The Balaban J connectivity index is 1.56. The maximum atomic E-state index is 12.4. The number of benzene rings is 2. The van der Waals surface area contributed by atoms with E-state index in [4.69, 9.17) is 9.26 Å². The number of ether oxygens (including phenoxy) is 1. The molecule has 0 spiro atoms. The third-order valence-corrected chi connectivity index (χ3v) is 6.09. The van der Waals surface area contributed by atoms with Gasteiger partial charge in [0.25, 0.3) is 0 Å². The largest absolute Gasteiger partial charge is 0.497 e. The number of aryl methyl sites for hydroxylation is 1. The van der Waals surface area contributed by atoms with E-state index < -0.39 is 10.0 Å². The van der Waals surface area contributed by atoms with E-state index in [0.29, 0.717) is 23.9 Å². The third-order valence-electron chi connectivity index (χ3n) is 4.63. The Bertz CT molecular complexity index is 1140. The number of nitrogens with one attached hydrogen (secondary N) is 2. The van der Waals surface area contributed by atoms with Crippen LogP contribution >= 0.6 is 0 Å². The highest BCUT2D eigenvalue weighted by molar-refractivity contribution is 7.89. The molecule has 2 N–H and O–H groups in total. The first kappa shape index (κ1) is 23.4. The Morgan fingerprint density at radius 3 is 2.66 bits per heavy atom. The average molecular weight is 459 g/mol. The second-order valence-electron chi connectivity index (χ2n) is 7.07. The molecule has 3 rings (SSSR count). The number of unbranched alkanes of at least 4 members (excludes halogenated alkanes) is 1. The Morgan fingerprint density at radius 2 is 1.94 bits per heavy atom. The van der Waals surface area contributed by atoms with E-state index in [-0.39, 0.29) is 23.6 Å². The molecule has 0 fully saturated rings. The Hall–Kier alpha value is -3.24. The van der Waals surface area contributed by atoms with Gasteiger partial charge in [0.15, 0.2) is 0 Å². The van der Waals surface area contributed by atoms with Gasteiger partial charge in [-0.3, -0.25) is 4.79 Å². The average Bonchev–Trinajstić information content (AvgIpc) is 3.27. The fourth-order valence-corrected chi connectivity index (χ4v) is 3.98. The number of nitrogens with zero attached hydrogens (tertiary/aromatic N) is 2. The third kappa shape index (κ3) is 6.38. The van der Waals surface area contributed by atoms with E-state index in [1.165, 1.54) is 12.1 Å². The minimum absolute atomic E-state index is 0.104. The minimum Gasteiger partial charge on any atom is -0.497 e. The number of carbonyl (C=O) groups is 1. The zero-order valence-corrected chi connectivity index (χ0v) is 18.8. The van der Waals surface area contributed by atoms with Crippen LogP contribution in [0.25, 0.3) is 11.4 Å². The second kappa shape index (κ2) is 10.9. The molecular formula is C22H26N4O5S. The normalized spacial score (nSPS) is 11.3. The van der Waals surface area contributed by atoms with Crippen molar-refractivity contribution in [3.63, 3.8) is 0 Å². The molecule has 0 saturated heterocycles. The van der Waals surface area contributed by atoms with E-state index in [2.05, 4.69) is 20.2 Å². The van der Waals surface area contributed by atoms with Crippen molar-refractivity contribution < 1.29 is 22.5 Å². The summed E-state index contributed by atoms with van der Waals surface area (Å²) in [6.07, 6.45) is 2.01. The number of methoxy groups -OCH3 is 1. The Morgan fingerprint density at radius 1 is 1.16 bits per heavy atom. The molecule has 0 bridgehead atoms. The number of rotatable bonds is 11. The zero-order valence-electron chi connectivity index (χ0n) is 18.0. The number of aromatic nitrogens is 2. The molecule has 1 amide bonds. The van der Waals surface area contributed by atoms with Crippen molar-refractivity contribution in [1.82, 2.24) is 14.9 Å². The van der Waals surface area contributed by atoms with Crippen molar-refractivity contribution in [2.45, 2.75) is 37.5 Å². The van der Waals surface area contributed by atoms with Gasteiger partial charge in [0.2, 0.25) is 27.6 Å². The number of sulfonamides is 1. The zero-order chi connectivity index (χ0) is 23.0. The molecule has 10 heteroatoms. The van der Waals surface area contributed by atoms with Gasteiger partial charge in [0, 0.05) is 30.6 Å². The van der Waals surface area contributed by atoms with Crippen LogP contribution in [0.3, 0.4) is 0 Å². The van der Waals surface area contributed by atoms with Gasteiger partial charge in [-0.05, 0) is 48.9 Å². The lowest BCUT2D eigenvalue weighted by atomic mass is 10.2. The molecule has 1 heterocycles. The van der Waals surface area contributed by atoms with Gasteiger partial charge >= 0.3 is 0 Å². The molecule has 32 heavy (non-hydrogen) atoms. The van der Waals surface area contributed by atoms with E-state index in [1.807, 2.05) is 19.1 Å². The molecule has 0 unspecified atom stereocenters. The summed E-state index contributed by atoms with van der Waals surface area (Å²) in [5.41, 5.74) is 1.17. The lowest BCUT2D eigenvalue weighted by Gasteiger charge is -2.09. The lowest BCUT2D eigenvalue weighted by Crippen LogP contribution is -2.24. The summed E-state index contributed by atoms with van der Waals surface area (Å²) in [5, 5.41) is 6.65. The number of hydrogen-bond donors (Lipinski definition) is 2. The number of carbonyl (C=O) groups excluding carboxylic acids is 1. The van der Waals surface area contributed by atoms with Crippen LogP contribution in [0, 0.1) is 0 Å². The standard InChI is InChI=1S/C22H26N4O5S/c1-3-4-14-23-32(28,29)19-7-5-6-17(15-19)24-20(27)12-13-21-25-22(26-31-21)16-8-10-18(30-2)11-9-16/h5-11,15,23H,3-4,12-14H2,1-2H3,(H,24,27). The molecule has 9 nitrogen and oxygen atoms in total. The molecule has 1 aromatic heterocycles. The SMILES string of the molecule is CCCCNS(=O)(=O)c1cccc(NC(=O)CCc2nc(-c3ccc(OC)cc3)no2)c1. The van der Waals surface area contributed by atoms with Gasteiger partial charge in [-0.15, -0.1) is 0 Å². The summed E-state index contributed by atoms with van der Waals surface area (Å²) in [5.74, 6) is 1.20. The van der Waals surface area contributed by atoms with Gasteiger partial charge in [0.1, 0.15) is 5.75 Å². The van der Waals surface area contributed by atoms with Crippen LogP contribution in [0.2, 0.25) is 0 Å². The topological polar surface area (TPSA) is 123 Å². The summed E-state index contributed by atoms with van der Waals surface area (Å²) in [4.78, 5) is 16.7. The van der Waals surface area contributed by atoms with Crippen LogP contribution < -0.4 is 14.8 Å². The summed E-state index contributed by atoms with van der Waals surface area (Å²) in [6.45, 7) is 2.36. The second-order valence-corrected chi connectivity index (χ2v) is 8.83. The summed E-state index contributed by atoms with van der Waals surface area (Å²) in [7, 11) is -2.03. The molecule has 3 aromatic rings. The van der Waals surface area contributed by atoms with Crippen LogP contribution in [-0.2, 0) is 21.2 Å². The molecular weight excluding hydrogens is 432 g/mol. The smallest absolute Gasteiger partial charge is 0.240 e. The van der Waals surface area contributed by atoms with Gasteiger partial charge in [0.05, 0.1) is 12.0 Å². The molecule has 170 valence electrons. The van der Waals surface area contributed by atoms with E-state index in [9.17, 15) is 13.2 Å². The van der Waals surface area contributed by atoms with E-state index in [1.54, 1.807) is 31.4 Å². The van der Waals surface area contributed by atoms with Crippen LogP contribution in [-0.4, -0.2) is 38.1 Å². The van der Waals surface area contributed by atoms with Crippen molar-refractivity contribution >= 4 is 21.6 Å². The number of hydrogen-bond acceptors (Lipinski definition) is 7. The first-order valence-corrected chi connectivity index (χ1v) is 11.8. The van der Waals surface area contributed by atoms with Crippen molar-refractivity contribution in [2.24, 2.45) is 0 Å². The molecule has 0 aliphatic carbocycles. The highest BCUT2D eigenvalue weighted by Gasteiger charge is 2.15. The number of amides is 1. The van der Waals surface area contributed by atoms with Gasteiger partial charge < -0.3 is 14.6 Å². The molecule has 0 saturated carbocycles. The van der Waals surface area contributed by atoms with E-state index >= 15 is 0 Å². The minimum atomic E-state index is -3.62. The molecule has 0 aliphatic heterocycles. The summed E-state index contributed by atoms with van der Waals surface area (Å²) in [6, 6.07) is 13.4. The predicted molar refractivity (Wildman–Crippen MR) is 120 cm³/mol. The predicted octanol–water partition coefficient (Wildman–Crippen LogP) is 3.39. The maximum absolute atomic E-state index is 12.4. The van der Waals surface area contributed by atoms with Crippen LogP contribution in [0.1, 0.15) is 32.1 Å². The van der Waals surface area contributed by atoms with Gasteiger partial charge in [-0.1, -0.05) is 24.6 Å². The fourth-order valence-electron chi connectivity index (χ4n) is 2.87. The highest BCUT2D eigenvalue weighted by Crippen LogP contribution is 2.20. The monoisotopic (exact) mass is 458 g/mol. The van der Waals surface area contributed by atoms with E-state index in [0.717, 1.165) is 24.2 Å². The maximum Gasteiger partial charge on any atom is 0.240 e. The van der Waals surface area contributed by atoms with Crippen LogP contribution in [0.4, 0.5) is 5.69 Å². The molecule has 2 aromatic carbocycles. The quantitative estimate of drug-likeness (QED) is 0.422. The lowest BCUT2D eigenvalue weighted by molar-refractivity contribution is -0.116. The van der Waals surface area contributed by atoms with Crippen LogP contribution in [0.5, 0.6) is 5.75 Å². The molecule has 0 aliphatic rings. The first-order valence-electron chi connectivity index (χ1n) is 10.3. The van der Waals surface area contributed by atoms with Gasteiger partial charge in [-0.2, -0.15) is 4.98 Å². The Kier molecular flexibility index (Phi) is 7.96. The molecule has 0 radical (unpaired) electrons. The van der Waals surface area contributed by atoms with Crippen molar-refractivity contribution in [3.8, 4) is 17.1 Å². The van der Waals surface area contributed by atoms with Gasteiger partial charge in [-0.25, -0.2) is 13.1 Å². The summed E-state index contributed by atoms with van der Waals surface area (Å²) < 4.78 is 37.6. The molecule has 0 atom stereocenters. The fraction of sp³-hybridized carbons (Fsp3) is 0.318. The number of anilines is 1. The first-order chi connectivity index (χ1) is 15.4. The van der Waals surface area contributed by atoms with Crippen molar-refractivity contribution in [2.75, 3.05) is 19.0 Å². The Labute approximate surface area is 187 Å². The van der Waals surface area contributed by atoms with Crippen LogP contribution in [0.15, 0.2) is 57.9 Å². The summed E-state index contributed by atoms with van der Waals surface area (Å²) >= 11 is 0. The van der Waals surface area contributed by atoms with Crippen molar-refractivity contribution in [1.29, 1.82) is 0 Å².